The molecule has 0 aliphatic carbocycles. The van der Waals surface area contributed by atoms with Crippen molar-refractivity contribution in [2.24, 2.45) is 0 Å². The van der Waals surface area contributed by atoms with Gasteiger partial charge in [0.15, 0.2) is 0 Å². The molecular formula is C13H22N4O. The molecule has 1 heterocycles. The average molecular weight is 250 g/mol. The van der Waals surface area contributed by atoms with E-state index in [-0.39, 0.29) is 11.9 Å². The molecule has 0 saturated carbocycles. The summed E-state index contributed by atoms with van der Waals surface area (Å²) in [4.78, 5) is 22.4. The van der Waals surface area contributed by atoms with Crippen molar-refractivity contribution in [1.82, 2.24) is 14.9 Å². The summed E-state index contributed by atoms with van der Waals surface area (Å²) in [7, 11) is 3.56. The number of aromatic nitrogens is 2. The minimum Gasteiger partial charge on any atom is -0.357 e. The van der Waals surface area contributed by atoms with E-state index in [1.807, 2.05) is 14.0 Å². The van der Waals surface area contributed by atoms with Crippen LogP contribution >= 0.6 is 0 Å². The van der Waals surface area contributed by atoms with Crippen LogP contribution in [0, 0.1) is 6.92 Å². The van der Waals surface area contributed by atoms with Gasteiger partial charge in [-0.2, -0.15) is 0 Å². The van der Waals surface area contributed by atoms with Crippen LogP contribution in [0.5, 0.6) is 0 Å². The molecule has 1 N–H and O–H groups in total. The Morgan fingerprint density at radius 2 is 2.17 bits per heavy atom. The Balaban J connectivity index is 2.92. The van der Waals surface area contributed by atoms with Crippen LogP contribution in [0.25, 0.3) is 0 Å². The third-order valence-corrected chi connectivity index (χ3v) is 2.98. The van der Waals surface area contributed by atoms with Crippen molar-refractivity contribution < 1.29 is 4.79 Å². The number of nitrogens with zero attached hydrogens (tertiary/aromatic N) is 3. The lowest BCUT2D eigenvalue weighted by atomic mass is 10.1. The first-order valence-electron chi connectivity index (χ1n) is 6.30. The summed E-state index contributed by atoms with van der Waals surface area (Å²) in [5.41, 5.74) is 1.23. The van der Waals surface area contributed by atoms with E-state index in [1.54, 1.807) is 18.0 Å². The largest absolute Gasteiger partial charge is 0.357 e. The highest BCUT2D eigenvalue weighted by molar-refractivity contribution is 5.92. The van der Waals surface area contributed by atoms with Crippen molar-refractivity contribution in [3.63, 3.8) is 0 Å². The van der Waals surface area contributed by atoms with Gasteiger partial charge in [-0.15, -0.1) is 0 Å². The topological polar surface area (TPSA) is 58.1 Å². The molecule has 1 aromatic rings. The molecule has 5 nitrogen and oxygen atoms in total. The van der Waals surface area contributed by atoms with Crippen LogP contribution in [-0.4, -0.2) is 40.9 Å². The van der Waals surface area contributed by atoms with E-state index in [2.05, 4.69) is 29.1 Å². The molecule has 0 saturated heterocycles. The minimum atomic E-state index is -0.0575. The van der Waals surface area contributed by atoms with Crippen LogP contribution in [0.15, 0.2) is 6.07 Å². The van der Waals surface area contributed by atoms with Gasteiger partial charge in [0, 0.05) is 25.8 Å². The molecule has 1 unspecified atom stereocenters. The second-order valence-corrected chi connectivity index (χ2v) is 4.52. The van der Waals surface area contributed by atoms with Crippen molar-refractivity contribution in [2.75, 3.05) is 19.4 Å². The first kappa shape index (κ1) is 14.4. The molecule has 0 radical (unpaired) electrons. The maximum Gasteiger partial charge on any atom is 0.272 e. The normalized spacial score (nSPS) is 12.1. The molecule has 0 aromatic carbocycles. The molecule has 1 rings (SSSR count). The lowest BCUT2D eigenvalue weighted by Crippen LogP contribution is -2.35. The predicted molar refractivity (Wildman–Crippen MR) is 72.8 cm³/mol. The highest BCUT2D eigenvalue weighted by atomic mass is 16.2. The molecule has 1 amide bonds. The van der Waals surface area contributed by atoms with Gasteiger partial charge in [0.2, 0.25) is 5.95 Å². The van der Waals surface area contributed by atoms with Crippen LogP contribution in [0.3, 0.4) is 0 Å². The summed E-state index contributed by atoms with van der Waals surface area (Å²) < 4.78 is 0. The Morgan fingerprint density at radius 1 is 1.50 bits per heavy atom. The molecular weight excluding hydrogens is 228 g/mol. The van der Waals surface area contributed by atoms with Crippen molar-refractivity contribution in [3.05, 3.63) is 17.5 Å². The van der Waals surface area contributed by atoms with E-state index < -0.39 is 0 Å². The van der Waals surface area contributed by atoms with Crippen molar-refractivity contribution in [3.8, 4) is 0 Å². The van der Waals surface area contributed by atoms with Gasteiger partial charge in [-0.3, -0.25) is 4.79 Å². The first-order valence-corrected chi connectivity index (χ1v) is 6.30. The molecule has 100 valence electrons. The second kappa shape index (κ2) is 6.33. The maximum absolute atomic E-state index is 12.3. The number of anilines is 1. The Kier molecular flexibility index (Phi) is 5.07. The lowest BCUT2D eigenvalue weighted by molar-refractivity contribution is 0.0730. The molecule has 18 heavy (non-hydrogen) atoms. The summed E-state index contributed by atoms with van der Waals surface area (Å²) in [6, 6.07) is 1.94. The van der Waals surface area contributed by atoms with E-state index in [0.717, 1.165) is 18.5 Å². The Morgan fingerprint density at radius 3 is 2.72 bits per heavy atom. The van der Waals surface area contributed by atoms with Gasteiger partial charge in [-0.1, -0.05) is 13.3 Å². The molecule has 0 bridgehead atoms. The Labute approximate surface area is 109 Å². The number of carbonyl (C=O) groups excluding carboxylic acids is 1. The molecule has 0 spiro atoms. The van der Waals surface area contributed by atoms with Crippen LogP contribution in [-0.2, 0) is 0 Å². The molecule has 1 aromatic heterocycles. The Bertz CT molecular complexity index is 419. The molecule has 0 aliphatic rings. The summed E-state index contributed by atoms with van der Waals surface area (Å²) in [6.07, 6.45) is 2.05. The smallest absolute Gasteiger partial charge is 0.272 e. The fourth-order valence-electron chi connectivity index (χ4n) is 1.78. The fourth-order valence-corrected chi connectivity index (χ4v) is 1.78. The zero-order valence-electron chi connectivity index (χ0n) is 11.8. The summed E-state index contributed by atoms with van der Waals surface area (Å²) in [5.74, 6) is 0.424. The van der Waals surface area contributed by atoms with Gasteiger partial charge in [0.25, 0.3) is 5.91 Å². The second-order valence-electron chi connectivity index (χ2n) is 4.52. The van der Waals surface area contributed by atoms with Crippen LogP contribution in [0.1, 0.15) is 42.9 Å². The Hall–Kier alpha value is -1.65. The number of carbonyl (C=O) groups is 1. The number of rotatable bonds is 5. The van der Waals surface area contributed by atoms with Gasteiger partial charge >= 0.3 is 0 Å². The van der Waals surface area contributed by atoms with Gasteiger partial charge in [-0.25, -0.2) is 9.97 Å². The predicted octanol–water partition coefficient (Wildman–Crippen LogP) is 2.09. The lowest BCUT2D eigenvalue weighted by Gasteiger charge is -2.24. The van der Waals surface area contributed by atoms with Crippen LogP contribution < -0.4 is 5.32 Å². The molecule has 1 atom stereocenters. The third kappa shape index (κ3) is 3.42. The van der Waals surface area contributed by atoms with Gasteiger partial charge in [-0.05, 0) is 26.3 Å². The number of amides is 1. The van der Waals surface area contributed by atoms with E-state index in [1.165, 1.54) is 0 Å². The maximum atomic E-state index is 12.3. The number of hydrogen-bond donors (Lipinski definition) is 1. The molecule has 0 aliphatic heterocycles. The van der Waals surface area contributed by atoms with E-state index in [4.69, 9.17) is 0 Å². The quantitative estimate of drug-likeness (QED) is 0.869. The fraction of sp³-hybridized carbons (Fsp3) is 0.615. The van der Waals surface area contributed by atoms with Crippen molar-refractivity contribution in [1.29, 1.82) is 0 Å². The zero-order valence-corrected chi connectivity index (χ0v) is 11.8. The van der Waals surface area contributed by atoms with Gasteiger partial charge < -0.3 is 10.2 Å². The van der Waals surface area contributed by atoms with Crippen LogP contribution in [0.2, 0.25) is 0 Å². The average Bonchev–Trinajstić information content (AvgIpc) is 2.36. The monoisotopic (exact) mass is 250 g/mol. The van der Waals surface area contributed by atoms with Crippen LogP contribution in [0.4, 0.5) is 5.95 Å². The highest BCUT2D eigenvalue weighted by Gasteiger charge is 2.19. The van der Waals surface area contributed by atoms with E-state index in [9.17, 15) is 4.79 Å². The SMILES string of the molecule is CCCC(C)N(C)C(=O)c1cc(C)nc(NC)n1. The summed E-state index contributed by atoms with van der Waals surface area (Å²) >= 11 is 0. The van der Waals surface area contributed by atoms with Crippen molar-refractivity contribution in [2.45, 2.75) is 39.7 Å². The van der Waals surface area contributed by atoms with E-state index >= 15 is 0 Å². The van der Waals surface area contributed by atoms with Gasteiger partial charge in [0.1, 0.15) is 5.69 Å². The summed E-state index contributed by atoms with van der Waals surface area (Å²) in [6.45, 7) is 6.02. The standard InChI is InChI=1S/C13H22N4O/c1-6-7-10(3)17(5)12(18)11-8-9(2)15-13(14-4)16-11/h8,10H,6-7H2,1-5H3,(H,14,15,16). The zero-order chi connectivity index (χ0) is 13.7. The number of nitrogens with one attached hydrogen (secondary N) is 1. The van der Waals surface area contributed by atoms with E-state index in [0.29, 0.717) is 11.6 Å². The first-order chi connectivity index (χ1) is 8.49. The molecule has 0 fully saturated rings. The van der Waals surface area contributed by atoms with Gasteiger partial charge in [0.05, 0.1) is 0 Å². The minimum absolute atomic E-state index is 0.0575. The molecule has 5 heteroatoms. The van der Waals surface area contributed by atoms with Crippen molar-refractivity contribution >= 4 is 11.9 Å². The summed E-state index contributed by atoms with van der Waals surface area (Å²) in [5, 5.41) is 2.86. The highest BCUT2D eigenvalue weighted by Crippen LogP contribution is 2.11. The third-order valence-electron chi connectivity index (χ3n) is 2.98. The number of hydrogen-bond acceptors (Lipinski definition) is 4. The number of aryl methyl sites for hydroxylation is 1.